The van der Waals surface area contributed by atoms with E-state index in [-0.39, 0.29) is 11.5 Å². The first-order chi connectivity index (χ1) is 12.0. The van der Waals surface area contributed by atoms with Gasteiger partial charge in [0.1, 0.15) is 11.5 Å². The van der Waals surface area contributed by atoms with Crippen molar-refractivity contribution in [2.24, 2.45) is 0 Å². The molecule has 25 heavy (non-hydrogen) atoms. The zero-order valence-corrected chi connectivity index (χ0v) is 16.6. The molecule has 0 radical (unpaired) electrons. The molecule has 1 N–H and O–H groups in total. The maximum absolute atomic E-state index is 11.8. The van der Waals surface area contributed by atoms with Gasteiger partial charge < -0.3 is 9.84 Å². The Morgan fingerprint density at radius 1 is 1.24 bits per heavy atom. The van der Waals surface area contributed by atoms with Crippen LogP contribution in [-0.2, 0) is 21.3 Å². The minimum Gasteiger partial charge on any atom is -0.494 e. The topological polar surface area (TPSA) is 63.6 Å². The second-order valence-corrected chi connectivity index (χ2v) is 8.01. The molecule has 0 amide bonds. The zero-order valence-electron chi connectivity index (χ0n) is 15.0. The van der Waals surface area contributed by atoms with Crippen LogP contribution >= 0.6 is 11.3 Å². The maximum Gasteiger partial charge on any atom is 0.142 e. The van der Waals surface area contributed by atoms with Crippen LogP contribution in [-0.4, -0.2) is 34.1 Å². The van der Waals surface area contributed by atoms with E-state index in [0.717, 1.165) is 27.5 Å². The van der Waals surface area contributed by atoms with Crippen LogP contribution in [0.15, 0.2) is 36.4 Å². The standard InChI is InChI=1S/C16H18O3S2.C3H8O/c1-3-19-14-6-4-5-13(9-14)16-8-7-15(20-16)11-21(18)10-12(2)17;1-2-3-4/h4-9H,3,10-11H2,1-2H3;4H,2-3H2,1H3. The Hall–Kier alpha value is -1.50. The molecule has 6 heteroatoms. The third kappa shape index (κ3) is 8.43. The lowest BCUT2D eigenvalue weighted by Crippen LogP contribution is -2.07. The molecule has 138 valence electrons. The summed E-state index contributed by atoms with van der Waals surface area (Å²) in [5, 5.41) is 7.88. The van der Waals surface area contributed by atoms with E-state index in [4.69, 9.17) is 9.84 Å². The monoisotopic (exact) mass is 382 g/mol. The number of aliphatic hydroxyl groups excluding tert-OH is 1. The Bertz CT molecular complexity index is 678. The number of carbonyl (C=O) groups is 1. The number of ether oxygens (including phenoxy) is 1. The van der Waals surface area contributed by atoms with Crippen molar-refractivity contribution in [3.63, 3.8) is 0 Å². The summed E-state index contributed by atoms with van der Waals surface area (Å²) >= 11 is 1.61. The molecule has 0 aliphatic heterocycles. The van der Waals surface area contributed by atoms with Gasteiger partial charge in [-0.15, -0.1) is 11.3 Å². The highest BCUT2D eigenvalue weighted by molar-refractivity contribution is 7.85. The normalized spacial score (nSPS) is 11.4. The van der Waals surface area contributed by atoms with E-state index in [1.165, 1.54) is 6.92 Å². The van der Waals surface area contributed by atoms with E-state index in [1.807, 2.05) is 50.2 Å². The van der Waals surface area contributed by atoms with Gasteiger partial charge in [0, 0.05) is 27.2 Å². The van der Waals surface area contributed by atoms with Gasteiger partial charge in [-0.05, 0) is 50.1 Å². The summed E-state index contributed by atoms with van der Waals surface area (Å²) in [4.78, 5) is 13.1. The number of hydrogen-bond donors (Lipinski definition) is 1. The SMILES string of the molecule is CCCO.CCOc1cccc(-c2ccc(CS(=O)CC(C)=O)s2)c1. The highest BCUT2D eigenvalue weighted by Gasteiger charge is 2.09. The molecule has 0 aliphatic carbocycles. The third-order valence-electron chi connectivity index (χ3n) is 2.98. The Balaban J connectivity index is 0.000000705. The minimum atomic E-state index is -1.12. The Kier molecular flexibility index (Phi) is 10.3. The number of ketones is 1. The van der Waals surface area contributed by atoms with E-state index >= 15 is 0 Å². The fourth-order valence-electron chi connectivity index (χ4n) is 1.95. The van der Waals surface area contributed by atoms with E-state index in [1.54, 1.807) is 11.3 Å². The third-order valence-corrected chi connectivity index (χ3v) is 5.66. The van der Waals surface area contributed by atoms with E-state index in [9.17, 15) is 9.00 Å². The van der Waals surface area contributed by atoms with Gasteiger partial charge in [0.25, 0.3) is 0 Å². The van der Waals surface area contributed by atoms with Crippen LogP contribution in [0.25, 0.3) is 10.4 Å². The quantitative estimate of drug-likeness (QED) is 0.748. The average Bonchev–Trinajstić information content (AvgIpc) is 3.03. The van der Waals surface area contributed by atoms with Crippen molar-refractivity contribution < 1.29 is 18.8 Å². The Morgan fingerprint density at radius 3 is 2.56 bits per heavy atom. The summed E-state index contributed by atoms with van der Waals surface area (Å²) in [5.41, 5.74) is 1.09. The molecule has 1 aromatic carbocycles. The second-order valence-electron chi connectivity index (χ2n) is 5.38. The fourth-order valence-corrected chi connectivity index (χ4v) is 4.35. The van der Waals surface area contributed by atoms with Crippen molar-refractivity contribution in [2.75, 3.05) is 19.0 Å². The number of Topliss-reactive ketones (excluding diaryl/α,β-unsaturated/α-hetero) is 1. The number of rotatable bonds is 8. The maximum atomic E-state index is 11.8. The molecular weight excluding hydrogens is 356 g/mol. The molecule has 0 aliphatic rings. The molecule has 0 spiro atoms. The van der Waals surface area contributed by atoms with Gasteiger partial charge in [-0.1, -0.05) is 19.1 Å². The molecule has 2 rings (SSSR count). The van der Waals surface area contributed by atoms with Crippen LogP contribution in [0, 0.1) is 0 Å². The number of benzene rings is 1. The predicted octanol–water partition coefficient (Wildman–Crippen LogP) is 4.04. The van der Waals surface area contributed by atoms with Crippen LogP contribution < -0.4 is 4.74 Å². The Morgan fingerprint density at radius 2 is 1.96 bits per heavy atom. The summed E-state index contributed by atoms with van der Waals surface area (Å²) in [7, 11) is -1.12. The molecule has 2 aromatic rings. The van der Waals surface area contributed by atoms with Crippen LogP contribution in [0.1, 0.15) is 32.1 Å². The molecule has 0 saturated heterocycles. The van der Waals surface area contributed by atoms with Crippen molar-refractivity contribution in [1.29, 1.82) is 0 Å². The molecule has 0 fully saturated rings. The van der Waals surface area contributed by atoms with Crippen molar-refractivity contribution >= 4 is 27.9 Å². The lowest BCUT2D eigenvalue weighted by atomic mass is 10.2. The zero-order chi connectivity index (χ0) is 18.7. The van der Waals surface area contributed by atoms with Crippen molar-refractivity contribution in [2.45, 2.75) is 32.9 Å². The Labute approximate surface area is 156 Å². The van der Waals surface area contributed by atoms with Gasteiger partial charge in [-0.25, -0.2) is 0 Å². The smallest absolute Gasteiger partial charge is 0.142 e. The van der Waals surface area contributed by atoms with Crippen LogP contribution in [0.5, 0.6) is 5.75 Å². The number of hydrogen-bond acceptors (Lipinski definition) is 5. The highest BCUT2D eigenvalue weighted by Crippen LogP contribution is 2.31. The summed E-state index contributed by atoms with van der Waals surface area (Å²) in [6.07, 6.45) is 0.875. The van der Waals surface area contributed by atoms with Crippen molar-refractivity contribution in [3.8, 4) is 16.2 Å². The second kappa shape index (κ2) is 12.0. The molecule has 1 aromatic heterocycles. The van der Waals surface area contributed by atoms with E-state index in [0.29, 0.717) is 19.0 Å². The van der Waals surface area contributed by atoms with Gasteiger partial charge in [0.15, 0.2) is 0 Å². The van der Waals surface area contributed by atoms with Gasteiger partial charge in [0.2, 0.25) is 0 Å². The molecule has 0 bridgehead atoms. The van der Waals surface area contributed by atoms with Crippen molar-refractivity contribution in [1.82, 2.24) is 0 Å². The minimum absolute atomic E-state index is 0.0328. The van der Waals surface area contributed by atoms with Gasteiger partial charge in [-0.2, -0.15) is 0 Å². The van der Waals surface area contributed by atoms with Gasteiger partial charge >= 0.3 is 0 Å². The van der Waals surface area contributed by atoms with E-state index < -0.39 is 10.8 Å². The van der Waals surface area contributed by atoms with E-state index in [2.05, 4.69) is 0 Å². The summed E-state index contributed by atoms with van der Waals surface area (Å²) in [5.74, 6) is 1.39. The van der Waals surface area contributed by atoms with Crippen molar-refractivity contribution in [3.05, 3.63) is 41.3 Å². The van der Waals surface area contributed by atoms with Gasteiger partial charge in [-0.3, -0.25) is 9.00 Å². The lowest BCUT2D eigenvalue weighted by molar-refractivity contribution is -0.114. The number of carbonyl (C=O) groups excluding carboxylic acids is 1. The number of aliphatic hydroxyl groups is 1. The van der Waals surface area contributed by atoms with Crippen LogP contribution in [0.4, 0.5) is 0 Å². The first kappa shape index (κ1) is 21.5. The number of thiophene rings is 1. The molecular formula is C19H26O4S2. The summed E-state index contributed by atoms with van der Waals surface area (Å²) < 4.78 is 17.3. The molecule has 1 unspecified atom stereocenters. The summed E-state index contributed by atoms with van der Waals surface area (Å²) in [6.45, 7) is 6.32. The first-order valence-electron chi connectivity index (χ1n) is 8.27. The fraction of sp³-hybridized carbons (Fsp3) is 0.421. The first-order valence-corrected chi connectivity index (χ1v) is 10.6. The lowest BCUT2D eigenvalue weighted by Gasteiger charge is -2.04. The predicted molar refractivity (Wildman–Crippen MR) is 106 cm³/mol. The highest BCUT2D eigenvalue weighted by atomic mass is 32.2. The largest absolute Gasteiger partial charge is 0.494 e. The van der Waals surface area contributed by atoms with Gasteiger partial charge in [0.05, 0.1) is 18.1 Å². The van der Waals surface area contributed by atoms with Crippen LogP contribution in [0.3, 0.4) is 0 Å². The molecule has 1 heterocycles. The molecule has 0 saturated carbocycles. The van der Waals surface area contributed by atoms with Crippen LogP contribution in [0.2, 0.25) is 0 Å². The average molecular weight is 383 g/mol. The molecule has 1 atom stereocenters. The summed E-state index contributed by atoms with van der Waals surface area (Å²) in [6, 6.07) is 11.9. The molecule has 4 nitrogen and oxygen atoms in total.